The van der Waals surface area contributed by atoms with Crippen molar-refractivity contribution in [3.63, 3.8) is 0 Å². The minimum atomic E-state index is -0.833. The highest BCUT2D eigenvalue weighted by Crippen LogP contribution is 2.19. The molecule has 0 bridgehead atoms. The molecule has 128 valence electrons. The molecule has 1 atom stereocenters. The molecule has 1 aliphatic heterocycles. The Balaban J connectivity index is 2.09. The first kappa shape index (κ1) is 17.5. The van der Waals surface area contributed by atoms with E-state index in [0.717, 1.165) is 43.7 Å². The van der Waals surface area contributed by atoms with Crippen molar-refractivity contribution in [1.82, 2.24) is 14.7 Å². The normalized spacial score (nSPS) is 16.6. The zero-order valence-corrected chi connectivity index (χ0v) is 13.6. The van der Waals surface area contributed by atoms with E-state index in [-0.39, 0.29) is 6.42 Å². The quantitative estimate of drug-likeness (QED) is 0.756. The fourth-order valence-electron chi connectivity index (χ4n) is 3.03. The summed E-state index contributed by atoms with van der Waals surface area (Å²) in [5, 5.41) is 22.7. The van der Waals surface area contributed by atoms with Gasteiger partial charge < -0.3 is 10.2 Å². The summed E-state index contributed by atoms with van der Waals surface area (Å²) in [6, 6.07) is 1.46. The van der Waals surface area contributed by atoms with Crippen molar-refractivity contribution < 1.29 is 19.8 Å². The lowest BCUT2D eigenvalue weighted by Crippen LogP contribution is -2.40. The van der Waals surface area contributed by atoms with Gasteiger partial charge in [-0.3, -0.25) is 19.2 Å². The highest BCUT2D eigenvalue weighted by Gasteiger charge is 2.27. The van der Waals surface area contributed by atoms with E-state index in [1.807, 2.05) is 15.6 Å². The molecule has 2 heterocycles. The SMILES string of the molecule is CCCCC(C(=O)O)N1CCCn2nc(CCC(=O)O)cc2C1. The molecule has 7 heteroatoms. The lowest BCUT2D eigenvalue weighted by molar-refractivity contribution is -0.144. The average Bonchev–Trinajstić information content (AvgIpc) is 2.77. The summed E-state index contributed by atoms with van der Waals surface area (Å²) < 4.78 is 1.90. The Hall–Kier alpha value is -1.89. The first-order valence-corrected chi connectivity index (χ1v) is 8.25. The highest BCUT2D eigenvalue weighted by atomic mass is 16.4. The van der Waals surface area contributed by atoms with Gasteiger partial charge in [0.15, 0.2) is 0 Å². The van der Waals surface area contributed by atoms with Crippen LogP contribution in [0.1, 0.15) is 50.4 Å². The first-order valence-electron chi connectivity index (χ1n) is 8.25. The number of hydrogen-bond donors (Lipinski definition) is 2. The van der Waals surface area contributed by atoms with Crippen LogP contribution in [-0.4, -0.2) is 49.4 Å². The molecule has 1 aromatic rings. The number of carboxylic acid groups (broad SMARTS) is 2. The Kier molecular flexibility index (Phi) is 6.15. The molecule has 0 aliphatic carbocycles. The maximum atomic E-state index is 11.6. The molecule has 1 aliphatic rings. The summed E-state index contributed by atoms with van der Waals surface area (Å²) in [4.78, 5) is 24.3. The Morgan fingerprint density at radius 3 is 2.78 bits per heavy atom. The van der Waals surface area contributed by atoms with E-state index in [9.17, 15) is 14.7 Å². The first-order chi connectivity index (χ1) is 11.0. The molecule has 0 fully saturated rings. The smallest absolute Gasteiger partial charge is 0.320 e. The fraction of sp³-hybridized carbons (Fsp3) is 0.688. The minimum Gasteiger partial charge on any atom is -0.481 e. The number of nitrogens with zero attached hydrogens (tertiary/aromatic N) is 3. The van der Waals surface area contributed by atoms with Crippen LogP contribution in [0.4, 0.5) is 0 Å². The fourth-order valence-corrected chi connectivity index (χ4v) is 3.03. The van der Waals surface area contributed by atoms with Crippen molar-refractivity contribution in [2.45, 2.75) is 64.6 Å². The van der Waals surface area contributed by atoms with Gasteiger partial charge in [0.2, 0.25) is 0 Å². The van der Waals surface area contributed by atoms with Gasteiger partial charge in [0, 0.05) is 26.1 Å². The standard InChI is InChI=1S/C16H25N3O4/c1-2-3-5-14(16(22)23)18-8-4-9-19-13(11-18)10-12(17-19)6-7-15(20)21/h10,14H,2-9,11H2,1H3,(H,20,21)(H,22,23). The summed E-state index contributed by atoms with van der Waals surface area (Å²) >= 11 is 0. The number of rotatable bonds is 8. The van der Waals surface area contributed by atoms with Crippen molar-refractivity contribution in [2.75, 3.05) is 6.54 Å². The van der Waals surface area contributed by atoms with Crippen LogP contribution in [0.5, 0.6) is 0 Å². The van der Waals surface area contributed by atoms with Crippen LogP contribution < -0.4 is 0 Å². The molecule has 0 spiro atoms. The molecule has 2 N–H and O–H groups in total. The monoisotopic (exact) mass is 323 g/mol. The molecule has 0 aromatic carbocycles. The highest BCUT2D eigenvalue weighted by molar-refractivity contribution is 5.73. The predicted molar refractivity (Wildman–Crippen MR) is 84.2 cm³/mol. The third-order valence-electron chi connectivity index (χ3n) is 4.25. The third-order valence-corrected chi connectivity index (χ3v) is 4.25. The molecule has 0 saturated carbocycles. The Labute approximate surface area is 135 Å². The Bertz CT molecular complexity index is 556. The van der Waals surface area contributed by atoms with E-state index in [0.29, 0.717) is 19.4 Å². The van der Waals surface area contributed by atoms with E-state index >= 15 is 0 Å². The van der Waals surface area contributed by atoms with Gasteiger partial charge in [-0.2, -0.15) is 5.10 Å². The minimum absolute atomic E-state index is 0.0639. The van der Waals surface area contributed by atoms with Gasteiger partial charge in [-0.05, 0) is 18.9 Å². The number of carboxylic acids is 2. The Morgan fingerprint density at radius 2 is 2.13 bits per heavy atom. The van der Waals surface area contributed by atoms with E-state index < -0.39 is 18.0 Å². The number of aliphatic carboxylic acids is 2. The van der Waals surface area contributed by atoms with Gasteiger partial charge in [0.05, 0.1) is 17.8 Å². The summed E-state index contributed by atoms with van der Waals surface area (Å²) in [7, 11) is 0. The van der Waals surface area contributed by atoms with E-state index in [2.05, 4.69) is 12.0 Å². The molecule has 2 rings (SSSR count). The second-order valence-electron chi connectivity index (χ2n) is 6.06. The zero-order chi connectivity index (χ0) is 16.8. The number of hydrogen-bond acceptors (Lipinski definition) is 4. The van der Waals surface area contributed by atoms with Crippen LogP contribution in [0.15, 0.2) is 6.07 Å². The van der Waals surface area contributed by atoms with E-state index in [1.54, 1.807) is 0 Å². The third kappa shape index (κ3) is 4.79. The van der Waals surface area contributed by atoms with Crippen molar-refractivity contribution in [1.29, 1.82) is 0 Å². The largest absolute Gasteiger partial charge is 0.481 e. The number of aromatic nitrogens is 2. The van der Waals surface area contributed by atoms with Gasteiger partial charge in [-0.1, -0.05) is 19.8 Å². The van der Waals surface area contributed by atoms with Gasteiger partial charge in [-0.15, -0.1) is 0 Å². The molecule has 0 radical (unpaired) electrons. The van der Waals surface area contributed by atoms with Crippen LogP contribution in [0.3, 0.4) is 0 Å². The lowest BCUT2D eigenvalue weighted by atomic mass is 10.1. The van der Waals surface area contributed by atoms with Gasteiger partial charge in [0.1, 0.15) is 6.04 Å². The van der Waals surface area contributed by atoms with Gasteiger partial charge in [-0.25, -0.2) is 0 Å². The van der Waals surface area contributed by atoms with Crippen LogP contribution >= 0.6 is 0 Å². The summed E-state index contributed by atoms with van der Waals surface area (Å²) in [5.41, 5.74) is 1.75. The van der Waals surface area contributed by atoms with Gasteiger partial charge in [0.25, 0.3) is 0 Å². The molecule has 1 aromatic heterocycles. The number of unbranched alkanes of at least 4 members (excludes halogenated alkanes) is 1. The summed E-state index contributed by atoms with van der Waals surface area (Å²) in [6.45, 7) is 4.11. The molecular weight excluding hydrogens is 298 g/mol. The van der Waals surface area contributed by atoms with Crippen molar-refractivity contribution in [2.24, 2.45) is 0 Å². The van der Waals surface area contributed by atoms with Crippen molar-refractivity contribution in [3.8, 4) is 0 Å². The number of aryl methyl sites for hydroxylation is 2. The van der Waals surface area contributed by atoms with Crippen LogP contribution in [0.2, 0.25) is 0 Å². The van der Waals surface area contributed by atoms with Crippen molar-refractivity contribution >= 4 is 11.9 Å². The van der Waals surface area contributed by atoms with Crippen LogP contribution in [-0.2, 0) is 29.1 Å². The molecule has 7 nitrogen and oxygen atoms in total. The van der Waals surface area contributed by atoms with E-state index in [4.69, 9.17) is 5.11 Å². The van der Waals surface area contributed by atoms with Gasteiger partial charge >= 0.3 is 11.9 Å². The average molecular weight is 323 g/mol. The maximum absolute atomic E-state index is 11.6. The second-order valence-corrected chi connectivity index (χ2v) is 6.06. The molecule has 0 amide bonds. The predicted octanol–water partition coefficient (Wildman–Crippen LogP) is 1.75. The van der Waals surface area contributed by atoms with E-state index in [1.165, 1.54) is 0 Å². The summed E-state index contributed by atoms with van der Waals surface area (Å²) in [5.74, 6) is -1.60. The lowest BCUT2D eigenvalue weighted by Gasteiger charge is -2.26. The molecule has 1 unspecified atom stereocenters. The van der Waals surface area contributed by atoms with Crippen molar-refractivity contribution in [3.05, 3.63) is 17.5 Å². The Morgan fingerprint density at radius 1 is 1.35 bits per heavy atom. The molecule has 23 heavy (non-hydrogen) atoms. The molecule has 0 saturated heterocycles. The second kappa shape index (κ2) is 8.10. The zero-order valence-electron chi connectivity index (χ0n) is 13.6. The maximum Gasteiger partial charge on any atom is 0.320 e. The topological polar surface area (TPSA) is 95.7 Å². The van der Waals surface area contributed by atoms with Crippen LogP contribution in [0.25, 0.3) is 0 Å². The molecular formula is C16H25N3O4. The summed E-state index contributed by atoms with van der Waals surface area (Å²) in [6.07, 6.45) is 3.86. The number of fused-ring (bicyclic) bond motifs is 1. The number of carbonyl (C=O) groups is 2. The van der Waals surface area contributed by atoms with Crippen LogP contribution in [0, 0.1) is 0 Å².